The summed E-state index contributed by atoms with van der Waals surface area (Å²) >= 11 is 0. The van der Waals surface area contributed by atoms with Crippen LogP contribution in [-0.2, 0) is 0 Å². The van der Waals surface area contributed by atoms with E-state index < -0.39 is 23.8 Å². The van der Waals surface area contributed by atoms with Crippen molar-refractivity contribution in [2.45, 2.75) is 37.3 Å². The average Bonchev–Trinajstić information content (AvgIpc) is 3.29. The van der Waals surface area contributed by atoms with E-state index >= 15 is 0 Å². The third-order valence-corrected chi connectivity index (χ3v) is 4.89. The maximum Gasteiger partial charge on any atom is 0.407 e. The van der Waals surface area contributed by atoms with Gasteiger partial charge in [-0.15, -0.1) is 0 Å². The standard InChI is InChI=1S/C13H20N2O5/c16-11(17)14-5-6-15(12(18)19)10(7-14)13(20,8-1-2-8)9-3-4-9/h8-10,20H,1-7H2,(H,16,17)(H,18,19). The van der Waals surface area contributed by atoms with Crippen LogP contribution in [0, 0.1) is 11.8 Å². The first-order chi connectivity index (χ1) is 9.44. The van der Waals surface area contributed by atoms with E-state index in [1.807, 2.05) is 0 Å². The maximum atomic E-state index is 11.4. The minimum atomic E-state index is -1.07. The molecule has 112 valence electrons. The number of aliphatic hydroxyl groups is 1. The van der Waals surface area contributed by atoms with Gasteiger partial charge in [-0.25, -0.2) is 9.59 Å². The van der Waals surface area contributed by atoms with Crippen molar-refractivity contribution in [2.24, 2.45) is 11.8 Å². The van der Waals surface area contributed by atoms with E-state index in [9.17, 15) is 19.8 Å². The third kappa shape index (κ3) is 2.09. The van der Waals surface area contributed by atoms with Crippen LogP contribution in [0.15, 0.2) is 0 Å². The molecule has 2 saturated carbocycles. The molecule has 1 heterocycles. The zero-order chi connectivity index (χ0) is 14.5. The van der Waals surface area contributed by atoms with E-state index in [-0.39, 0.29) is 31.5 Å². The van der Waals surface area contributed by atoms with Crippen molar-refractivity contribution in [3.8, 4) is 0 Å². The highest BCUT2D eigenvalue weighted by Gasteiger charge is 2.60. The molecule has 0 radical (unpaired) electrons. The molecule has 1 aliphatic heterocycles. The highest BCUT2D eigenvalue weighted by Crippen LogP contribution is 2.55. The lowest BCUT2D eigenvalue weighted by Crippen LogP contribution is -2.66. The molecule has 1 saturated heterocycles. The van der Waals surface area contributed by atoms with Crippen LogP contribution in [0.2, 0.25) is 0 Å². The predicted octanol–water partition coefficient (Wildman–Crippen LogP) is 0.880. The Hall–Kier alpha value is -1.50. The summed E-state index contributed by atoms with van der Waals surface area (Å²) in [6.07, 6.45) is 1.51. The van der Waals surface area contributed by atoms with Crippen molar-refractivity contribution < 1.29 is 24.9 Å². The Morgan fingerprint density at radius 1 is 0.950 bits per heavy atom. The zero-order valence-corrected chi connectivity index (χ0v) is 11.2. The Balaban J connectivity index is 1.87. The summed E-state index contributed by atoms with van der Waals surface area (Å²) in [4.78, 5) is 25.0. The van der Waals surface area contributed by atoms with Gasteiger partial charge in [0.05, 0.1) is 11.6 Å². The fraction of sp³-hybridized carbons (Fsp3) is 0.846. The van der Waals surface area contributed by atoms with Crippen LogP contribution in [0.4, 0.5) is 9.59 Å². The average molecular weight is 284 g/mol. The van der Waals surface area contributed by atoms with Crippen molar-refractivity contribution in [3.63, 3.8) is 0 Å². The van der Waals surface area contributed by atoms with Gasteiger partial charge in [0.1, 0.15) is 0 Å². The van der Waals surface area contributed by atoms with Gasteiger partial charge in [0.15, 0.2) is 0 Å². The van der Waals surface area contributed by atoms with Crippen molar-refractivity contribution >= 4 is 12.2 Å². The third-order valence-electron chi connectivity index (χ3n) is 4.89. The first-order valence-corrected chi connectivity index (χ1v) is 7.14. The summed E-state index contributed by atoms with van der Waals surface area (Å²) < 4.78 is 0. The zero-order valence-electron chi connectivity index (χ0n) is 11.2. The molecular formula is C13H20N2O5. The molecule has 0 aromatic heterocycles. The molecule has 2 aliphatic carbocycles. The van der Waals surface area contributed by atoms with E-state index in [0.717, 1.165) is 25.7 Å². The first kappa shape index (κ1) is 13.5. The van der Waals surface area contributed by atoms with E-state index in [2.05, 4.69) is 0 Å². The Labute approximate surface area is 116 Å². The summed E-state index contributed by atoms with van der Waals surface area (Å²) in [7, 11) is 0. The molecule has 20 heavy (non-hydrogen) atoms. The molecule has 3 aliphatic rings. The van der Waals surface area contributed by atoms with Gasteiger partial charge >= 0.3 is 12.2 Å². The smallest absolute Gasteiger partial charge is 0.407 e. The lowest BCUT2D eigenvalue weighted by atomic mass is 9.81. The summed E-state index contributed by atoms with van der Waals surface area (Å²) in [5, 5.41) is 29.6. The van der Waals surface area contributed by atoms with Gasteiger partial charge in [0.25, 0.3) is 0 Å². The van der Waals surface area contributed by atoms with Crippen molar-refractivity contribution in [1.82, 2.24) is 9.80 Å². The van der Waals surface area contributed by atoms with Gasteiger partial charge in [0.2, 0.25) is 0 Å². The largest absolute Gasteiger partial charge is 0.465 e. The van der Waals surface area contributed by atoms with Gasteiger partial charge in [-0.05, 0) is 37.5 Å². The Bertz CT molecular complexity index is 420. The lowest BCUT2D eigenvalue weighted by Gasteiger charge is -2.47. The summed E-state index contributed by atoms with van der Waals surface area (Å²) in [6, 6.07) is -0.634. The SMILES string of the molecule is O=C(O)N1CCN(C(=O)O)C(C(O)(C2CC2)C2CC2)C1. The van der Waals surface area contributed by atoms with E-state index in [1.54, 1.807) is 0 Å². The molecular weight excluding hydrogens is 264 g/mol. The lowest BCUT2D eigenvalue weighted by molar-refractivity contribution is -0.0946. The molecule has 7 heteroatoms. The quantitative estimate of drug-likeness (QED) is 0.714. The first-order valence-electron chi connectivity index (χ1n) is 7.14. The number of carbonyl (C=O) groups is 2. The number of rotatable bonds is 3. The number of hydrogen-bond donors (Lipinski definition) is 3. The number of amides is 2. The molecule has 0 aromatic rings. The fourth-order valence-corrected chi connectivity index (χ4v) is 3.55. The molecule has 7 nitrogen and oxygen atoms in total. The van der Waals surface area contributed by atoms with Crippen molar-refractivity contribution in [3.05, 3.63) is 0 Å². The van der Waals surface area contributed by atoms with Crippen LogP contribution < -0.4 is 0 Å². The normalized spacial score (nSPS) is 27.6. The van der Waals surface area contributed by atoms with Crippen LogP contribution in [0.5, 0.6) is 0 Å². The van der Waals surface area contributed by atoms with Crippen molar-refractivity contribution in [1.29, 1.82) is 0 Å². The van der Waals surface area contributed by atoms with Crippen LogP contribution in [-0.4, -0.2) is 68.6 Å². The number of piperazine rings is 1. The van der Waals surface area contributed by atoms with Crippen molar-refractivity contribution in [2.75, 3.05) is 19.6 Å². The molecule has 0 bridgehead atoms. The second-order valence-electron chi connectivity index (χ2n) is 6.16. The molecule has 3 N–H and O–H groups in total. The summed E-state index contributed by atoms with van der Waals surface area (Å²) in [5.41, 5.74) is -1.05. The number of hydrogen-bond acceptors (Lipinski definition) is 3. The maximum absolute atomic E-state index is 11.4. The fourth-order valence-electron chi connectivity index (χ4n) is 3.55. The van der Waals surface area contributed by atoms with E-state index in [1.165, 1.54) is 9.80 Å². The Morgan fingerprint density at radius 2 is 1.50 bits per heavy atom. The molecule has 2 amide bonds. The van der Waals surface area contributed by atoms with Gasteiger partial charge < -0.3 is 20.2 Å². The highest BCUT2D eigenvalue weighted by atomic mass is 16.4. The van der Waals surface area contributed by atoms with E-state index in [4.69, 9.17) is 5.11 Å². The highest BCUT2D eigenvalue weighted by molar-refractivity contribution is 5.68. The second kappa shape index (κ2) is 4.51. The van der Waals surface area contributed by atoms with Crippen LogP contribution in [0.25, 0.3) is 0 Å². The Morgan fingerprint density at radius 3 is 1.90 bits per heavy atom. The van der Waals surface area contributed by atoms with Gasteiger partial charge in [-0.3, -0.25) is 4.90 Å². The molecule has 3 rings (SSSR count). The van der Waals surface area contributed by atoms with Crippen LogP contribution in [0.1, 0.15) is 25.7 Å². The second-order valence-corrected chi connectivity index (χ2v) is 6.16. The predicted molar refractivity (Wildman–Crippen MR) is 68.5 cm³/mol. The minimum absolute atomic E-state index is 0.0745. The summed E-state index contributed by atoms with van der Waals surface area (Å²) in [6.45, 7) is 0.378. The van der Waals surface area contributed by atoms with Crippen LogP contribution >= 0.6 is 0 Å². The molecule has 0 aromatic carbocycles. The molecule has 3 fully saturated rings. The minimum Gasteiger partial charge on any atom is -0.465 e. The van der Waals surface area contributed by atoms with Gasteiger partial charge in [-0.2, -0.15) is 0 Å². The molecule has 1 unspecified atom stereocenters. The van der Waals surface area contributed by atoms with Gasteiger partial charge in [-0.1, -0.05) is 0 Å². The van der Waals surface area contributed by atoms with E-state index in [0.29, 0.717) is 0 Å². The monoisotopic (exact) mass is 284 g/mol. The Kier molecular flexibility index (Phi) is 3.04. The molecule has 1 atom stereocenters. The number of nitrogens with zero attached hydrogens (tertiary/aromatic N) is 2. The number of carboxylic acid groups (broad SMARTS) is 2. The van der Waals surface area contributed by atoms with Crippen LogP contribution in [0.3, 0.4) is 0 Å². The molecule has 0 spiro atoms. The summed E-state index contributed by atoms with van der Waals surface area (Å²) in [5.74, 6) is 0.242. The topological polar surface area (TPSA) is 101 Å². The van der Waals surface area contributed by atoms with Gasteiger partial charge in [0, 0.05) is 19.6 Å².